The molecule has 0 aliphatic carbocycles. The van der Waals surface area contributed by atoms with Gasteiger partial charge in [-0.1, -0.05) is 43.2 Å². The Morgan fingerprint density at radius 2 is 1.62 bits per heavy atom. The molecule has 4 nitrogen and oxygen atoms in total. The number of benzene rings is 3. The number of carbonyl (C=O) groups is 1. The van der Waals surface area contributed by atoms with Gasteiger partial charge in [-0.25, -0.2) is 4.79 Å². The van der Waals surface area contributed by atoms with Crippen LogP contribution < -0.4 is 10.1 Å². The number of hydrogen-bond donors (Lipinski definition) is 1. The summed E-state index contributed by atoms with van der Waals surface area (Å²) in [6, 6.07) is 22.0. The third-order valence-electron chi connectivity index (χ3n) is 4.79. The van der Waals surface area contributed by atoms with Gasteiger partial charge in [0, 0.05) is 12.2 Å². The van der Waals surface area contributed by atoms with Gasteiger partial charge in [0.1, 0.15) is 5.75 Å². The van der Waals surface area contributed by atoms with Crippen molar-refractivity contribution in [3.63, 3.8) is 0 Å². The van der Waals surface area contributed by atoms with Crippen LogP contribution in [-0.4, -0.2) is 25.7 Å². The first-order valence-electron chi connectivity index (χ1n) is 10.4. The van der Waals surface area contributed by atoms with E-state index in [1.807, 2.05) is 25.1 Å². The summed E-state index contributed by atoms with van der Waals surface area (Å²) in [5.41, 5.74) is 1.61. The molecular weight excluding hydrogens is 362 g/mol. The highest BCUT2D eigenvalue weighted by Crippen LogP contribution is 2.20. The van der Waals surface area contributed by atoms with E-state index in [4.69, 9.17) is 9.47 Å². The maximum Gasteiger partial charge on any atom is 0.338 e. The van der Waals surface area contributed by atoms with Gasteiger partial charge in [0.25, 0.3) is 0 Å². The average molecular weight is 392 g/mol. The molecule has 29 heavy (non-hydrogen) atoms. The van der Waals surface area contributed by atoms with Gasteiger partial charge in [-0.3, -0.25) is 0 Å². The lowest BCUT2D eigenvalue weighted by Gasteiger charge is -2.09. The van der Waals surface area contributed by atoms with Crippen LogP contribution in [0.1, 0.15) is 43.0 Å². The van der Waals surface area contributed by atoms with E-state index in [2.05, 4.69) is 41.7 Å². The maximum absolute atomic E-state index is 11.6. The van der Waals surface area contributed by atoms with E-state index in [1.54, 1.807) is 12.1 Å². The largest absolute Gasteiger partial charge is 0.494 e. The summed E-state index contributed by atoms with van der Waals surface area (Å²) in [7, 11) is 0. The Bertz CT molecular complexity index is 905. The Morgan fingerprint density at radius 3 is 2.41 bits per heavy atom. The highest BCUT2D eigenvalue weighted by molar-refractivity contribution is 5.89. The third-order valence-corrected chi connectivity index (χ3v) is 4.79. The molecule has 1 N–H and O–H groups in total. The number of unbranched alkanes of at least 4 members (excludes halogenated alkanes) is 3. The molecule has 152 valence electrons. The molecule has 4 heteroatoms. The number of esters is 1. The van der Waals surface area contributed by atoms with Gasteiger partial charge in [-0.15, -0.1) is 0 Å². The van der Waals surface area contributed by atoms with Crippen LogP contribution in [0, 0.1) is 0 Å². The van der Waals surface area contributed by atoms with Crippen molar-refractivity contribution >= 4 is 22.4 Å². The summed E-state index contributed by atoms with van der Waals surface area (Å²) in [4.78, 5) is 11.6. The van der Waals surface area contributed by atoms with E-state index in [0.29, 0.717) is 12.2 Å². The Morgan fingerprint density at radius 1 is 0.862 bits per heavy atom. The van der Waals surface area contributed by atoms with Crippen molar-refractivity contribution in [1.29, 1.82) is 0 Å². The summed E-state index contributed by atoms with van der Waals surface area (Å²) in [5, 5.41) is 5.85. The number of carbonyl (C=O) groups excluding carboxylic acids is 1. The fourth-order valence-electron chi connectivity index (χ4n) is 3.20. The van der Waals surface area contributed by atoms with Crippen LogP contribution in [0.25, 0.3) is 10.8 Å². The van der Waals surface area contributed by atoms with Crippen molar-refractivity contribution in [3.8, 4) is 5.75 Å². The van der Waals surface area contributed by atoms with Crippen LogP contribution in [0.3, 0.4) is 0 Å². The molecule has 3 rings (SSSR count). The molecular formula is C25H29NO3. The van der Waals surface area contributed by atoms with E-state index in [1.165, 1.54) is 10.8 Å². The number of fused-ring (bicyclic) bond motifs is 1. The number of rotatable bonds is 11. The molecule has 3 aromatic rings. The molecule has 0 aromatic heterocycles. The predicted molar refractivity (Wildman–Crippen MR) is 119 cm³/mol. The van der Waals surface area contributed by atoms with Crippen molar-refractivity contribution in [2.24, 2.45) is 0 Å². The second kappa shape index (κ2) is 11.1. The average Bonchev–Trinajstić information content (AvgIpc) is 2.76. The zero-order chi connectivity index (χ0) is 20.3. The smallest absolute Gasteiger partial charge is 0.338 e. The zero-order valence-corrected chi connectivity index (χ0v) is 17.0. The van der Waals surface area contributed by atoms with Crippen molar-refractivity contribution in [2.75, 3.05) is 25.1 Å². The minimum atomic E-state index is -0.273. The summed E-state index contributed by atoms with van der Waals surface area (Å²) in [6.07, 6.45) is 4.47. The summed E-state index contributed by atoms with van der Waals surface area (Å²) >= 11 is 0. The number of nitrogens with one attached hydrogen (secondary N) is 1. The minimum Gasteiger partial charge on any atom is -0.494 e. The molecule has 0 heterocycles. The molecule has 0 atom stereocenters. The molecule has 0 aliphatic rings. The fourth-order valence-corrected chi connectivity index (χ4v) is 3.20. The highest BCUT2D eigenvalue weighted by Gasteiger charge is 2.05. The van der Waals surface area contributed by atoms with Crippen molar-refractivity contribution < 1.29 is 14.3 Å². The van der Waals surface area contributed by atoms with Crippen LogP contribution in [0.5, 0.6) is 5.75 Å². The molecule has 0 fully saturated rings. The Balaban J connectivity index is 1.27. The van der Waals surface area contributed by atoms with E-state index in [0.717, 1.165) is 50.3 Å². The van der Waals surface area contributed by atoms with E-state index >= 15 is 0 Å². The van der Waals surface area contributed by atoms with E-state index in [-0.39, 0.29) is 5.97 Å². The topological polar surface area (TPSA) is 47.6 Å². The molecule has 0 aliphatic heterocycles. The molecule has 0 unspecified atom stereocenters. The molecule has 3 aromatic carbocycles. The quantitative estimate of drug-likeness (QED) is 0.318. The summed E-state index contributed by atoms with van der Waals surface area (Å²) in [5.74, 6) is 0.668. The second-order valence-electron chi connectivity index (χ2n) is 7.00. The predicted octanol–water partition coefficient (Wildman–Crippen LogP) is 6.07. The van der Waals surface area contributed by atoms with Crippen LogP contribution >= 0.6 is 0 Å². The molecule has 0 spiro atoms. The summed E-state index contributed by atoms with van der Waals surface area (Å²) < 4.78 is 10.9. The first kappa shape index (κ1) is 20.7. The van der Waals surface area contributed by atoms with Crippen LogP contribution in [0.4, 0.5) is 5.69 Å². The monoisotopic (exact) mass is 391 g/mol. The van der Waals surface area contributed by atoms with Gasteiger partial charge in [-0.05, 0) is 66.9 Å². The summed E-state index contributed by atoms with van der Waals surface area (Å²) in [6.45, 7) is 3.88. The minimum absolute atomic E-state index is 0.273. The van der Waals surface area contributed by atoms with Crippen molar-refractivity contribution in [3.05, 3.63) is 72.3 Å². The fraction of sp³-hybridized carbons (Fsp3) is 0.320. The van der Waals surface area contributed by atoms with E-state index in [9.17, 15) is 4.79 Å². The third kappa shape index (κ3) is 6.53. The molecule has 0 radical (unpaired) electrons. The lowest BCUT2D eigenvalue weighted by molar-refractivity contribution is 0.0526. The van der Waals surface area contributed by atoms with Crippen LogP contribution in [0.15, 0.2) is 66.7 Å². The van der Waals surface area contributed by atoms with Gasteiger partial charge in [-0.2, -0.15) is 0 Å². The first-order valence-corrected chi connectivity index (χ1v) is 10.4. The van der Waals surface area contributed by atoms with E-state index < -0.39 is 0 Å². The maximum atomic E-state index is 11.6. The second-order valence-corrected chi connectivity index (χ2v) is 7.00. The number of hydrogen-bond acceptors (Lipinski definition) is 4. The van der Waals surface area contributed by atoms with Crippen molar-refractivity contribution in [2.45, 2.75) is 32.6 Å². The number of ether oxygens (including phenoxy) is 2. The first-order chi connectivity index (χ1) is 14.3. The number of anilines is 1. The lowest BCUT2D eigenvalue weighted by atomic mass is 10.1. The lowest BCUT2D eigenvalue weighted by Crippen LogP contribution is -2.05. The van der Waals surface area contributed by atoms with Crippen LogP contribution in [-0.2, 0) is 4.74 Å². The van der Waals surface area contributed by atoms with Gasteiger partial charge in [0.05, 0.1) is 18.8 Å². The Hall–Kier alpha value is -3.01. The van der Waals surface area contributed by atoms with Crippen LogP contribution in [0.2, 0.25) is 0 Å². The molecule has 0 amide bonds. The standard InChI is InChI=1S/C25H29NO3/c1-2-28-25(27)21-11-14-23(15-12-21)26-17-7-3-4-8-18-29-24-16-13-20-9-5-6-10-22(20)19-24/h5-6,9-16,19,26H,2-4,7-8,17-18H2,1H3. The Labute approximate surface area is 172 Å². The Kier molecular flexibility index (Phi) is 7.93. The molecule has 0 bridgehead atoms. The SMILES string of the molecule is CCOC(=O)c1ccc(NCCCCCCOc2ccc3ccccc3c2)cc1. The van der Waals surface area contributed by atoms with Gasteiger partial charge in [0.15, 0.2) is 0 Å². The van der Waals surface area contributed by atoms with Gasteiger partial charge < -0.3 is 14.8 Å². The molecule has 0 saturated carbocycles. The normalized spacial score (nSPS) is 10.7. The highest BCUT2D eigenvalue weighted by atomic mass is 16.5. The zero-order valence-electron chi connectivity index (χ0n) is 17.0. The molecule has 0 saturated heterocycles. The van der Waals surface area contributed by atoms with Crippen molar-refractivity contribution in [1.82, 2.24) is 0 Å². The van der Waals surface area contributed by atoms with Gasteiger partial charge >= 0.3 is 5.97 Å². The van der Waals surface area contributed by atoms with Gasteiger partial charge in [0.2, 0.25) is 0 Å².